The average molecular weight is 352 g/mol. The number of hydrogen-bond acceptors (Lipinski definition) is 5. The van der Waals surface area contributed by atoms with Gasteiger partial charge in [0.25, 0.3) is 0 Å². The molecule has 0 spiro atoms. The van der Waals surface area contributed by atoms with Crippen molar-refractivity contribution in [1.29, 1.82) is 0 Å². The lowest BCUT2D eigenvalue weighted by Crippen LogP contribution is -2.53. The van der Waals surface area contributed by atoms with E-state index in [1.54, 1.807) is 6.33 Å². The molecule has 26 heavy (non-hydrogen) atoms. The van der Waals surface area contributed by atoms with Gasteiger partial charge in [-0.1, -0.05) is 30.3 Å². The predicted molar refractivity (Wildman–Crippen MR) is 103 cm³/mol. The Bertz CT molecular complexity index is 708. The van der Waals surface area contributed by atoms with E-state index in [0.29, 0.717) is 24.4 Å². The molecule has 2 aliphatic heterocycles. The second kappa shape index (κ2) is 8.04. The number of hydrogen-bond donors (Lipinski definition) is 0. The molecule has 5 nitrogen and oxygen atoms in total. The highest BCUT2D eigenvalue weighted by Crippen LogP contribution is 2.33. The van der Waals surface area contributed by atoms with Crippen molar-refractivity contribution in [3.8, 4) is 5.88 Å². The summed E-state index contributed by atoms with van der Waals surface area (Å²) in [5, 5.41) is 0. The van der Waals surface area contributed by atoms with Gasteiger partial charge >= 0.3 is 0 Å². The van der Waals surface area contributed by atoms with E-state index < -0.39 is 0 Å². The first kappa shape index (κ1) is 17.3. The number of aromatic nitrogens is 2. The van der Waals surface area contributed by atoms with Crippen LogP contribution in [0.2, 0.25) is 0 Å². The molecule has 0 aliphatic carbocycles. The van der Waals surface area contributed by atoms with Crippen molar-refractivity contribution in [2.24, 2.45) is 5.92 Å². The Hall–Kier alpha value is -2.14. The molecule has 0 radical (unpaired) electrons. The minimum absolute atomic E-state index is 0.635. The van der Waals surface area contributed by atoms with Gasteiger partial charge in [-0.2, -0.15) is 0 Å². The summed E-state index contributed by atoms with van der Waals surface area (Å²) in [5.41, 5.74) is 1.42. The standard InChI is InChI=1S/C21H28N4O/c1-2-26-21-13-20(22-16-23-21)25-12-10-19-18(15-25)9-6-11-24(19)14-17-7-4-3-5-8-17/h3-5,7-8,13,16,18-19H,2,6,9-12,14-15H2,1H3. The number of anilines is 1. The van der Waals surface area contributed by atoms with E-state index >= 15 is 0 Å². The molecule has 0 amide bonds. The zero-order valence-corrected chi connectivity index (χ0v) is 15.6. The Balaban J connectivity index is 1.43. The van der Waals surface area contributed by atoms with Crippen molar-refractivity contribution in [3.63, 3.8) is 0 Å². The maximum Gasteiger partial charge on any atom is 0.218 e. The zero-order chi connectivity index (χ0) is 17.8. The highest BCUT2D eigenvalue weighted by atomic mass is 16.5. The minimum Gasteiger partial charge on any atom is -0.478 e. The Morgan fingerprint density at radius 1 is 1.12 bits per heavy atom. The van der Waals surface area contributed by atoms with Crippen molar-refractivity contribution in [1.82, 2.24) is 14.9 Å². The average Bonchev–Trinajstić information content (AvgIpc) is 2.69. The summed E-state index contributed by atoms with van der Waals surface area (Å²) >= 11 is 0. The second-order valence-corrected chi connectivity index (χ2v) is 7.31. The predicted octanol–water partition coefficient (Wildman–Crippen LogP) is 3.37. The van der Waals surface area contributed by atoms with Crippen LogP contribution in [-0.2, 0) is 6.54 Å². The van der Waals surface area contributed by atoms with E-state index in [2.05, 4.69) is 50.1 Å². The molecule has 0 bridgehead atoms. The fourth-order valence-corrected chi connectivity index (χ4v) is 4.46. The van der Waals surface area contributed by atoms with E-state index in [1.165, 1.54) is 31.4 Å². The molecule has 2 fully saturated rings. The fourth-order valence-electron chi connectivity index (χ4n) is 4.46. The van der Waals surface area contributed by atoms with Gasteiger partial charge in [0.05, 0.1) is 6.61 Å². The second-order valence-electron chi connectivity index (χ2n) is 7.31. The van der Waals surface area contributed by atoms with Crippen molar-refractivity contribution in [2.75, 3.05) is 31.1 Å². The number of likely N-dealkylation sites (tertiary alicyclic amines) is 1. The molecule has 0 N–H and O–H groups in total. The molecule has 3 heterocycles. The Labute approximate surface area is 156 Å². The molecule has 0 saturated carbocycles. The van der Waals surface area contributed by atoms with Crippen LogP contribution in [0.5, 0.6) is 5.88 Å². The normalized spacial score (nSPS) is 23.5. The van der Waals surface area contributed by atoms with Crippen LogP contribution in [-0.4, -0.2) is 47.2 Å². The first-order chi connectivity index (χ1) is 12.8. The number of rotatable bonds is 5. The van der Waals surface area contributed by atoms with Gasteiger partial charge in [-0.25, -0.2) is 9.97 Å². The molecular formula is C21H28N4O. The number of nitrogens with zero attached hydrogens (tertiary/aromatic N) is 4. The summed E-state index contributed by atoms with van der Waals surface area (Å²) in [6, 6.07) is 13.5. The van der Waals surface area contributed by atoms with E-state index in [4.69, 9.17) is 4.74 Å². The Morgan fingerprint density at radius 2 is 2.00 bits per heavy atom. The van der Waals surface area contributed by atoms with Crippen LogP contribution in [0.25, 0.3) is 0 Å². The third-order valence-corrected chi connectivity index (χ3v) is 5.66. The van der Waals surface area contributed by atoms with E-state index in [1.807, 2.05) is 13.0 Å². The molecule has 1 aromatic carbocycles. The lowest BCUT2D eigenvalue weighted by molar-refractivity contribution is 0.0700. The molecule has 4 rings (SSSR count). The zero-order valence-electron chi connectivity index (χ0n) is 15.6. The molecule has 2 saturated heterocycles. The smallest absolute Gasteiger partial charge is 0.218 e. The largest absolute Gasteiger partial charge is 0.478 e. The highest BCUT2D eigenvalue weighted by Gasteiger charge is 2.36. The monoisotopic (exact) mass is 352 g/mol. The van der Waals surface area contributed by atoms with Crippen LogP contribution >= 0.6 is 0 Å². The van der Waals surface area contributed by atoms with Gasteiger partial charge in [-0.05, 0) is 44.2 Å². The van der Waals surface area contributed by atoms with E-state index in [0.717, 1.165) is 25.5 Å². The van der Waals surface area contributed by atoms with Gasteiger partial charge in [-0.15, -0.1) is 0 Å². The quantitative estimate of drug-likeness (QED) is 0.825. The van der Waals surface area contributed by atoms with Gasteiger partial charge in [0.2, 0.25) is 5.88 Å². The summed E-state index contributed by atoms with van der Waals surface area (Å²) in [4.78, 5) is 13.8. The summed E-state index contributed by atoms with van der Waals surface area (Å²) in [6.07, 6.45) is 5.42. The van der Waals surface area contributed by atoms with Crippen molar-refractivity contribution in [2.45, 2.75) is 38.8 Å². The molecule has 2 unspecified atom stereocenters. The molecule has 1 aromatic heterocycles. The summed E-state index contributed by atoms with van der Waals surface area (Å²) in [5.74, 6) is 2.39. The first-order valence-electron chi connectivity index (χ1n) is 9.81. The topological polar surface area (TPSA) is 41.5 Å². The lowest BCUT2D eigenvalue weighted by Gasteiger charge is -2.47. The maximum absolute atomic E-state index is 5.54. The van der Waals surface area contributed by atoms with Crippen LogP contribution < -0.4 is 9.64 Å². The van der Waals surface area contributed by atoms with Gasteiger partial charge in [0.15, 0.2) is 0 Å². The minimum atomic E-state index is 0.635. The van der Waals surface area contributed by atoms with Crippen molar-refractivity contribution in [3.05, 3.63) is 48.3 Å². The van der Waals surface area contributed by atoms with Crippen molar-refractivity contribution >= 4 is 5.82 Å². The fraction of sp³-hybridized carbons (Fsp3) is 0.524. The first-order valence-corrected chi connectivity index (χ1v) is 9.81. The van der Waals surface area contributed by atoms with Gasteiger partial charge in [-0.3, -0.25) is 4.90 Å². The summed E-state index contributed by atoms with van der Waals surface area (Å²) in [6.45, 7) is 7.04. The number of piperidine rings is 2. The summed E-state index contributed by atoms with van der Waals surface area (Å²) in [7, 11) is 0. The highest BCUT2D eigenvalue weighted by molar-refractivity contribution is 5.41. The molecule has 2 atom stereocenters. The maximum atomic E-state index is 5.54. The van der Waals surface area contributed by atoms with Gasteiger partial charge < -0.3 is 9.64 Å². The lowest BCUT2D eigenvalue weighted by atomic mass is 9.83. The van der Waals surface area contributed by atoms with Crippen molar-refractivity contribution < 1.29 is 4.74 Å². The number of ether oxygens (including phenoxy) is 1. The van der Waals surface area contributed by atoms with Crippen LogP contribution in [0.1, 0.15) is 31.7 Å². The third kappa shape index (κ3) is 3.83. The molecular weight excluding hydrogens is 324 g/mol. The molecule has 2 aromatic rings. The van der Waals surface area contributed by atoms with E-state index in [-0.39, 0.29) is 0 Å². The summed E-state index contributed by atoms with van der Waals surface area (Å²) < 4.78 is 5.54. The van der Waals surface area contributed by atoms with Crippen LogP contribution in [0, 0.1) is 5.92 Å². The molecule has 138 valence electrons. The third-order valence-electron chi connectivity index (χ3n) is 5.66. The Kier molecular flexibility index (Phi) is 5.34. The molecule has 2 aliphatic rings. The van der Waals surface area contributed by atoms with Crippen LogP contribution in [0.3, 0.4) is 0 Å². The molecule has 5 heteroatoms. The van der Waals surface area contributed by atoms with E-state index in [9.17, 15) is 0 Å². The SMILES string of the molecule is CCOc1cc(N2CCC3C(CCCN3Cc3ccccc3)C2)ncn1. The number of fused-ring (bicyclic) bond motifs is 1. The van der Waals surface area contributed by atoms with Gasteiger partial charge in [0.1, 0.15) is 12.1 Å². The number of benzene rings is 1. The van der Waals surface area contributed by atoms with Crippen LogP contribution in [0.4, 0.5) is 5.82 Å². The van der Waals surface area contributed by atoms with Gasteiger partial charge in [0, 0.05) is 31.7 Å². The Morgan fingerprint density at radius 3 is 2.85 bits per heavy atom. The van der Waals surface area contributed by atoms with Crippen LogP contribution in [0.15, 0.2) is 42.7 Å².